The standard InChI is InChI=1S/C15H13Cl2N3O4S/c1-25(22,23)24-20-15(18)19-14(21)10-5-2-4-9(8-10)11-6-3-7-12(16)13(11)17/h2-8H,1H3,(H3,18,19,20,21). The number of amides is 1. The molecule has 10 heteroatoms. The lowest BCUT2D eigenvalue weighted by Crippen LogP contribution is -2.37. The van der Waals surface area contributed by atoms with Crippen molar-refractivity contribution in [1.82, 2.24) is 5.32 Å². The molecule has 2 aromatic carbocycles. The lowest BCUT2D eigenvalue weighted by molar-refractivity contribution is 0.0975. The van der Waals surface area contributed by atoms with Crippen LogP contribution in [0.3, 0.4) is 0 Å². The minimum absolute atomic E-state index is 0.256. The van der Waals surface area contributed by atoms with Gasteiger partial charge in [0.1, 0.15) is 0 Å². The molecule has 0 atom stereocenters. The third-order valence-corrected chi connectivity index (χ3v) is 4.06. The van der Waals surface area contributed by atoms with Crippen molar-refractivity contribution in [3.63, 3.8) is 0 Å². The average molecular weight is 402 g/mol. The van der Waals surface area contributed by atoms with Gasteiger partial charge < -0.3 is 5.73 Å². The smallest absolute Gasteiger partial charge is 0.325 e. The maximum absolute atomic E-state index is 12.2. The molecule has 0 bridgehead atoms. The van der Waals surface area contributed by atoms with E-state index in [1.54, 1.807) is 42.5 Å². The maximum atomic E-state index is 12.2. The van der Waals surface area contributed by atoms with Crippen LogP contribution in [0.5, 0.6) is 0 Å². The van der Waals surface area contributed by atoms with E-state index >= 15 is 0 Å². The summed E-state index contributed by atoms with van der Waals surface area (Å²) < 4.78 is 25.8. The minimum Gasteiger partial charge on any atom is -0.367 e. The number of hydrogen-bond donors (Lipinski definition) is 2. The molecule has 25 heavy (non-hydrogen) atoms. The lowest BCUT2D eigenvalue weighted by atomic mass is 10.0. The molecule has 2 aromatic rings. The summed E-state index contributed by atoms with van der Waals surface area (Å²) in [6.07, 6.45) is 0.795. The van der Waals surface area contributed by atoms with Crippen molar-refractivity contribution in [2.24, 2.45) is 10.9 Å². The Hall–Kier alpha value is -2.29. The van der Waals surface area contributed by atoms with Gasteiger partial charge in [0.15, 0.2) is 0 Å². The van der Waals surface area contributed by atoms with Gasteiger partial charge in [0.25, 0.3) is 5.91 Å². The molecule has 0 saturated heterocycles. The summed E-state index contributed by atoms with van der Waals surface area (Å²) in [5.41, 5.74) is 6.99. The highest BCUT2D eigenvalue weighted by Crippen LogP contribution is 2.33. The Bertz CT molecular complexity index is 946. The van der Waals surface area contributed by atoms with E-state index in [0.717, 1.165) is 6.26 Å². The Morgan fingerprint density at radius 2 is 1.88 bits per heavy atom. The molecule has 0 spiro atoms. The number of hydrogen-bond acceptors (Lipinski definition) is 5. The van der Waals surface area contributed by atoms with Gasteiger partial charge in [-0.2, -0.15) is 8.42 Å². The molecule has 0 aliphatic rings. The van der Waals surface area contributed by atoms with Gasteiger partial charge in [-0.1, -0.05) is 47.5 Å². The van der Waals surface area contributed by atoms with Crippen molar-refractivity contribution < 1.29 is 17.5 Å². The summed E-state index contributed by atoms with van der Waals surface area (Å²) in [6, 6.07) is 11.7. The van der Waals surface area contributed by atoms with Crippen LogP contribution in [0.4, 0.5) is 0 Å². The van der Waals surface area contributed by atoms with E-state index in [4.69, 9.17) is 28.9 Å². The van der Waals surface area contributed by atoms with Crippen molar-refractivity contribution >= 4 is 45.2 Å². The number of carbonyl (C=O) groups is 1. The Balaban J connectivity index is 2.24. The number of oxime groups is 1. The molecule has 0 aliphatic carbocycles. The number of nitrogens with two attached hydrogens (primary N) is 1. The molecule has 1 amide bonds. The van der Waals surface area contributed by atoms with Crippen LogP contribution in [0.15, 0.2) is 47.6 Å². The van der Waals surface area contributed by atoms with Crippen molar-refractivity contribution in [3.05, 3.63) is 58.1 Å². The zero-order valence-electron chi connectivity index (χ0n) is 12.9. The second-order valence-electron chi connectivity index (χ2n) is 4.89. The summed E-state index contributed by atoms with van der Waals surface area (Å²) in [7, 11) is -3.82. The molecule has 0 fully saturated rings. The third-order valence-electron chi connectivity index (χ3n) is 2.90. The SMILES string of the molecule is CS(=O)(=O)ON=C(N)NC(=O)c1cccc(-c2cccc(Cl)c2Cl)c1. The number of guanidine groups is 1. The highest BCUT2D eigenvalue weighted by molar-refractivity contribution is 7.85. The predicted octanol–water partition coefficient (Wildman–Crippen LogP) is 2.60. The molecule has 0 aromatic heterocycles. The first-order chi connectivity index (χ1) is 11.7. The molecule has 132 valence electrons. The van der Waals surface area contributed by atoms with E-state index in [1.807, 2.05) is 0 Å². The van der Waals surface area contributed by atoms with E-state index < -0.39 is 22.0 Å². The highest BCUT2D eigenvalue weighted by atomic mass is 35.5. The number of carbonyl (C=O) groups excluding carboxylic acids is 1. The molecule has 0 saturated carbocycles. The summed E-state index contributed by atoms with van der Waals surface area (Å²) in [5, 5.41) is 6.07. The predicted molar refractivity (Wildman–Crippen MR) is 96.9 cm³/mol. The molecule has 7 nitrogen and oxygen atoms in total. The van der Waals surface area contributed by atoms with Crippen LogP contribution in [0, 0.1) is 0 Å². The lowest BCUT2D eigenvalue weighted by Gasteiger charge is -2.08. The molecule has 0 aliphatic heterocycles. The fraction of sp³-hybridized carbons (Fsp3) is 0.0667. The summed E-state index contributed by atoms with van der Waals surface area (Å²) in [4.78, 5) is 12.2. The van der Waals surface area contributed by atoms with Gasteiger partial charge in [-0.3, -0.25) is 14.4 Å². The van der Waals surface area contributed by atoms with Crippen LogP contribution >= 0.6 is 23.2 Å². The van der Waals surface area contributed by atoms with E-state index in [1.165, 1.54) is 0 Å². The van der Waals surface area contributed by atoms with Crippen molar-refractivity contribution in [2.75, 3.05) is 6.26 Å². The second-order valence-corrected chi connectivity index (χ2v) is 7.23. The zero-order chi connectivity index (χ0) is 18.6. The molecular formula is C15H13Cl2N3O4S. The van der Waals surface area contributed by atoms with E-state index in [-0.39, 0.29) is 5.56 Å². The van der Waals surface area contributed by atoms with Crippen LogP contribution < -0.4 is 11.1 Å². The van der Waals surface area contributed by atoms with Gasteiger partial charge in [0.2, 0.25) is 5.96 Å². The molecular weight excluding hydrogens is 389 g/mol. The minimum atomic E-state index is -3.82. The topological polar surface area (TPSA) is 111 Å². The summed E-state index contributed by atoms with van der Waals surface area (Å²) in [5.74, 6) is -1.10. The Kier molecular flexibility index (Phi) is 5.89. The normalized spacial score (nSPS) is 11.9. The number of nitrogens with zero attached hydrogens (tertiary/aromatic N) is 1. The first-order valence-corrected chi connectivity index (χ1v) is 9.32. The van der Waals surface area contributed by atoms with Crippen LogP contribution in [-0.4, -0.2) is 26.5 Å². The Morgan fingerprint density at radius 3 is 2.56 bits per heavy atom. The van der Waals surface area contributed by atoms with Crippen LogP contribution in [-0.2, 0) is 14.4 Å². The van der Waals surface area contributed by atoms with E-state index in [2.05, 4.69) is 14.8 Å². The molecule has 0 radical (unpaired) electrons. The van der Waals surface area contributed by atoms with Gasteiger partial charge in [0.05, 0.1) is 16.3 Å². The summed E-state index contributed by atoms with van der Waals surface area (Å²) >= 11 is 12.2. The largest absolute Gasteiger partial charge is 0.367 e. The highest BCUT2D eigenvalue weighted by Gasteiger charge is 2.12. The van der Waals surface area contributed by atoms with Gasteiger partial charge in [0, 0.05) is 11.1 Å². The number of nitrogens with one attached hydrogen (secondary N) is 1. The Morgan fingerprint density at radius 1 is 1.20 bits per heavy atom. The second kappa shape index (κ2) is 7.73. The third kappa shape index (κ3) is 5.35. The molecule has 0 heterocycles. The van der Waals surface area contributed by atoms with Crippen molar-refractivity contribution in [1.29, 1.82) is 0 Å². The zero-order valence-corrected chi connectivity index (χ0v) is 15.2. The van der Waals surface area contributed by atoms with Crippen LogP contribution in [0.2, 0.25) is 10.0 Å². The molecule has 0 unspecified atom stereocenters. The average Bonchev–Trinajstić information content (AvgIpc) is 2.55. The maximum Gasteiger partial charge on any atom is 0.325 e. The van der Waals surface area contributed by atoms with Crippen LogP contribution in [0.1, 0.15) is 10.4 Å². The van der Waals surface area contributed by atoms with Gasteiger partial charge in [-0.05, 0) is 28.9 Å². The number of rotatable bonds is 4. The van der Waals surface area contributed by atoms with Crippen molar-refractivity contribution in [2.45, 2.75) is 0 Å². The first-order valence-electron chi connectivity index (χ1n) is 6.75. The molecule has 3 N–H and O–H groups in total. The Labute approximate surface area is 154 Å². The number of benzene rings is 2. The van der Waals surface area contributed by atoms with Gasteiger partial charge in [-0.25, -0.2) is 0 Å². The fourth-order valence-corrected chi connectivity index (χ4v) is 2.50. The monoisotopic (exact) mass is 401 g/mol. The van der Waals surface area contributed by atoms with Gasteiger partial charge >= 0.3 is 10.1 Å². The van der Waals surface area contributed by atoms with E-state index in [9.17, 15) is 13.2 Å². The molecule has 2 rings (SSSR count). The number of halogens is 2. The quantitative estimate of drug-likeness (QED) is 0.464. The van der Waals surface area contributed by atoms with Crippen molar-refractivity contribution in [3.8, 4) is 11.1 Å². The van der Waals surface area contributed by atoms with Gasteiger partial charge in [-0.15, -0.1) is 0 Å². The van der Waals surface area contributed by atoms with Crippen LogP contribution in [0.25, 0.3) is 11.1 Å². The van der Waals surface area contributed by atoms with E-state index in [0.29, 0.717) is 21.2 Å². The summed E-state index contributed by atoms with van der Waals surface area (Å²) in [6.45, 7) is 0. The fourth-order valence-electron chi connectivity index (χ4n) is 1.87. The first kappa shape index (κ1) is 19.0.